The Balaban J connectivity index is 2.24. The molecule has 0 aliphatic rings. The van der Waals surface area contributed by atoms with E-state index >= 15 is 0 Å². The van der Waals surface area contributed by atoms with Crippen LogP contribution >= 0.6 is 22.9 Å². The standard InChI is InChI=1S/C12H8ClN3O2S/c1-18-11(17)10-6-15-12(19-10)16-9-4-7(5-14)2-3-8(9)13/h2-4,6H,1H3,(H,15,16). The monoisotopic (exact) mass is 293 g/mol. The van der Waals surface area contributed by atoms with Gasteiger partial charge in [0.2, 0.25) is 0 Å². The van der Waals surface area contributed by atoms with E-state index in [9.17, 15) is 4.79 Å². The zero-order chi connectivity index (χ0) is 13.8. The van der Waals surface area contributed by atoms with Gasteiger partial charge in [-0.25, -0.2) is 9.78 Å². The number of carbonyl (C=O) groups is 1. The first-order chi connectivity index (χ1) is 9.13. The summed E-state index contributed by atoms with van der Waals surface area (Å²) in [6, 6.07) is 6.88. The van der Waals surface area contributed by atoms with Gasteiger partial charge in [0.05, 0.1) is 35.6 Å². The number of aromatic nitrogens is 1. The molecule has 2 aromatic rings. The second-order valence-corrected chi connectivity index (χ2v) is 4.89. The van der Waals surface area contributed by atoms with E-state index in [1.165, 1.54) is 13.3 Å². The first kappa shape index (κ1) is 13.3. The van der Waals surface area contributed by atoms with Crippen LogP contribution in [0.5, 0.6) is 0 Å². The molecular formula is C12H8ClN3O2S. The topological polar surface area (TPSA) is 75.0 Å². The molecule has 0 aliphatic heterocycles. The van der Waals surface area contributed by atoms with E-state index in [0.29, 0.717) is 26.3 Å². The van der Waals surface area contributed by atoms with Crippen molar-refractivity contribution in [3.8, 4) is 6.07 Å². The molecule has 96 valence electrons. The van der Waals surface area contributed by atoms with Crippen molar-refractivity contribution in [3.63, 3.8) is 0 Å². The minimum absolute atomic E-state index is 0.387. The van der Waals surface area contributed by atoms with Gasteiger partial charge in [0.1, 0.15) is 4.88 Å². The van der Waals surface area contributed by atoms with E-state index in [1.54, 1.807) is 18.2 Å². The largest absolute Gasteiger partial charge is 0.465 e. The van der Waals surface area contributed by atoms with E-state index in [2.05, 4.69) is 15.0 Å². The first-order valence-electron chi connectivity index (χ1n) is 5.15. The Morgan fingerprint density at radius 2 is 2.37 bits per heavy atom. The summed E-state index contributed by atoms with van der Waals surface area (Å²) in [7, 11) is 1.31. The number of thiazole rings is 1. The average molecular weight is 294 g/mol. The lowest BCUT2D eigenvalue weighted by molar-refractivity contribution is 0.0606. The second-order valence-electron chi connectivity index (χ2n) is 3.45. The quantitative estimate of drug-likeness (QED) is 0.880. The summed E-state index contributed by atoms with van der Waals surface area (Å²) in [6.07, 6.45) is 1.42. The van der Waals surface area contributed by atoms with E-state index in [0.717, 1.165) is 11.3 Å². The lowest BCUT2D eigenvalue weighted by Gasteiger charge is -2.05. The smallest absolute Gasteiger partial charge is 0.349 e. The molecule has 1 aromatic carbocycles. The number of nitrogens with one attached hydrogen (secondary N) is 1. The van der Waals surface area contributed by atoms with Gasteiger partial charge in [-0.15, -0.1) is 0 Å². The van der Waals surface area contributed by atoms with Crippen LogP contribution < -0.4 is 5.32 Å². The fourth-order valence-electron chi connectivity index (χ4n) is 1.33. The summed E-state index contributed by atoms with van der Waals surface area (Å²) < 4.78 is 4.59. The third kappa shape index (κ3) is 3.02. The molecule has 7 heteroatoms. The third-order valence-corrected chi connectivity index (χ3v) is 3.45. The van der Waals surface area contributed by atoms with Gasteiger partial charge >= 0.3 is 5.97 Å². The molecule has 2 rings (SSSR count). The van der Waals surface area contributed by atoms with Crippen LogP contribution in [-0.4, -0.2) is 18.1 Å². The normalized spacial score (nSPS) is 9.74. The Labute approximate surface area is 118 Å². The molecule has 0 fully saturated rings. The van der Waals surface area contributed by atoms with Crippen LogP contribution in [0.25, 0.3) is 0 Å². The van der Waals surface area contributed by atoms with Crippen LogP contribution in [0.15, 0.2) is 24.4 Å². The molecular weight excluding hydrogens is 286 g/mol. The van der Waals surface area contributed by atoms with Gasteiger partial charge in [0.15, 0.2) is 5.13 Å². The fourth-order valence-corrected chi connectivity index (χ4v) is 2.24. The third-order valence-electron chi connectivity index (χ3n) is 2.23. The summed E-state index contributed by atoms with van der Waals surface area (Å²) >= 11 is 7.16. The summed E-state index contributed by atoms with van der Waals surface area (Å²) in [5.41, 5.74) is 1.04. The highest BCUT2D eigenvalue weighted by molar-refractivity contribution is 7.17. The Morgan fingerprint density at radius 1 is 1.58 bits per heavy atom. The highest BCUT2D eigenvalue weighted by Crippen LogP contribution is 2.28. The van der Waals surface area contributed by atoms with Gasteiger partial charge < -0.3 is 10.1 Å². The Morgan fingerprint density at radius 3 is 3.05 bits per heavy atom. The Bertz CT molecular complexity index is 663. The van der Waals surface area contributed by atoms with Crippen LogP contribution in [0, 0.1) is 11.3 Å². The number of benzene rings is 1. The summed E-state index contributed by atoms with van der Waals surface area (Å²) in [6.45, 7) is 0. The molecule has 0 bridgehead atoms. The lowest BCUT2D eigenvalue weighted by atomic mass is 10.2. The van der Waals surface area contributed by atoms with Crippen molar-refractivity contribution in [2.45, 2.75) is 0 Å². The zero-order valence-corrected chi connectivity index (χ0v) is 11.4. The number of anilines is 2. The van der Waals surface area contributed by atoms with Gasteiger partial charge in [0.25, 0.3) is 0 Å². The molecule has 0 aliphatic carbocycles. The molecule has 1 heterocycles. The fraction of sp³-hybridized carbons (Fsp3) is 0.0833. The summed E-state index contributed by atoms with van der Waals surface area (Å²) in [5.74, 6) is -0.442. The van der Waals surface area contributed by atoms with E-state index < -0.39 is 5.97 Å². The summed E-state index contributed by atoms with van der Waals surface area (Å²) in [4.78, 5) is 15.7. The molecule has 0 amide bonds. The maximum Gasteiger partial charge on any atom is 0.349 e. The van der Waals surface area contributed by atoms with Crippen molar-refractivity contribution < 1.29 is 9.53 Å². The maximum atomic E-state index is 11.3. The molecule has 0 unspecified atom stereocenters. The predicted molar refractivity (Wildman–Crippen MR) is 72.9 cm³/mol. The van der Waals surface area contributed by atoms with Crippen molar-refractivity contribution in [3.05, 3.63) is 39.9 Å². The van der Waals surface area contributed by atoms with E-state index in [4.69, 9.17) is 16.9 Å². The number of ether oxygens (including phenoxy) is 1. The van der Waals surface area contributed by atoms with Gasteiger partial charge in [0, 0.05) is 0 Å². The molecule has 0 saturated heterocycles. The molecule has 0 spiro atoms. The number of nitrogens with zero attached hydrogens (tertiary/aromatic N) is 2. The van der Waals surface area contributed by atoms with Gasteiger partial charge in [-0.3, -0.25) is 0 Å². The molecule has 19 heavy (non-hydrogen) atoms. The van der Waals surface area contributed by atoms with Crippen LogP contribution in [0.2, 0.25) is 5.02 Å². The molecule has 5 nitrogen and oxygen atoms in total. The molecule has 1 aromatic heterocycles. The van der Waals surface area contributed by atoms with E-state index in [-0.39, 0.29) is 0 Å². The summed E-state index contributed by atoms with van der Waals surface area (Å²) in [5, 5.41) is 12.8. The number of halogens is 1. The number of carbonyl (C=O) groups excluding carboxylic acids is 1. The maximum absolute atomic E-state index is 11.3. The van der Waals surface area contributed by atoms with Crippen molar-refractivity contribution in [2.75, 3.05) is 12.4 Å². The lowest BCUT2D eigenvalue weighted by Crippen LogP contribution is -1.96. The first-order valence-corrected chi connectivity index (χ1v) is 6.34. The molecule has 0 saturated carbocycles. The van der Waals surface area contributed by atoms with Gasteiger partial charge in [-0.2, -0.15) is 5.26 Å². The van der Waals surface area contributed by atoms with Gasteiger partial charge in [-0.05, 0) is 18.2 Å². The SMILES string of the molecule is COC(=O)c1cnc(Nc2cc(C#N)ccc2Cl)s1. The minimum atomic E-state index is -0.442. The predicted octanol–water partition coefficient (Wildman–Crippen LogP) is 3.20. The van der Waals surface area contributed by atoms with Crippen LogP contribution in [0.3, 0.4) is 0 Å². The van der Waals surface area contributed by atoms with Crippen molar-refractivity contribution in [1.82, 2.24) is 4.98 Å². The van der Waals surface area contributed by atoms with Gasteiger partial charge in [-0.1, -0.05) is 22.9 Å². The van der Waals surface area contributed by atoms with Crippen LogP contribution in [0.4, 0.5) is 10.8 Å². The minimum Gasteiger partial charge on any atom is -0.465 e. The Hall–Kier alpha value is -2.10. The van der Waals surface area contributed by atoms with Crippen molar-refractivity contribution >= 4 is 39.7 Å². The number of hydrogen-bond donors (Lipinski definition) is 1. The van der Waals surface area contributed by atoms with Crippen molar-refractivity contribution in [2.24, 2.45) is 0 Å². The highest BCUT2D eigenvalue weighted by atomic mass is 35.5. The van der Waals surface area contributed by atoms with E-state index in [1.807, 2.05) is 6.07 Å². The van der Waals surface area contributed by atoms with Crippen LogP contribution in [0.1, 0.15) is 15.2 Å². The Kier molecular flexibility index (Phi) is 4.00. The number of esters is 1. The number of rotatable bonds is 3. The number of nitriles is 1. The number of hydrogen-bond acceptors (Lipinski definition) is 6. The second kappa shape index (κ2) is 5.69. The zero-order valence-electron chi connectivity index (χ0n) is 9.81. The van der Waals surface area contributed by atoms with Crippen LogP contribution in [-0.2, 0) is 4.74 Å². The molecule has 0 radical (unpaired) electrons. The average Bonchev–Trinajstić information content (AvgIpc) is 2.89. The molecule has 1 N–H and O–H groups in total. The highest BCUT2D eigenvalue weighted by Gasteiger charge is 2.11. The number of methoxy groups -OCH3 is 1. The molecule has 0 atom stereocenters. The van der Waals surface area contributed by atoms with Crippen molar-refractivity contribution in [1.29, 1.82) is 5.26 Å².